The van der Waals surface area contributed by atoms with Gasteiger partial charge in [-0.25, -0.2) is 4.98 Å². The van der Waals surface area contributed by atoms with Crippen LogP contribution < -0.4 is 4.74 Å². The molecule has 0 bridgehead atoms. The highest BCUT2D eigenvalue weighted by molar-refractivity contribution is 5.69. The van der Waals surface area contributed by atoms with Crippen molar-refractivity contribution in [2.24, 2.45) is 0 Å². The Morgan fingerprint density at radius 3 is 2.81 bits per heavy atom. The molecule has 1 heterocycles. The van der Waals surface area contributed by atoms with E-state index in [2.05, 4.69) is 11.2 Å². The van der Waals surface area contributed by atoms with E-state index in [1.807, 2.05) is 24.3 Å². The lowest BCUT2D eigenvalue weighted by Crippen LogP contribution is -2.03. The summed E-state index contributed by atoms with van der Waals surface area (Å²) in [6, 6.07) is 7.65. The first-order chi connectivity index (χ1) is 7.83. The fourth-order valence-electron chi connectivity index (χ4n) is 1.43. The minimum absolute atomic E-state index is 0.385. The van der Waals surface area contributed by atoms with Gasteiger partial charge in [0.15, 0.2) is 12.1 Å². The van der Waals surface area contributed by atoms with Crippen molar-refractivity contribution >= 4 is 6.29 Å². The molecule has 4 heteroatoms. The third-order valence-electron chi connectivity index (χ3n) is 2.29. The molecule has 0 fully saturated rings. The summed E-state index contributed by atoms with van der Waals surface area (Å²) in [6.45, 7) is 0.581. The van der Waals surface area contributed by atoms with E-state index in [4.69, 9.17) is 4.74 Å². The zero-order valence-corrected chi connectivity index (χ0v) is 8.88. The number of imidazole rings is 1. The second-order valence-corrected chi connectivity index (χ2v) is 3.30. The Bertz CT molecular complexity index is 474. The third-order valence-corrected chi connectivity index (χ3v) is 2.29. The quantitative estimate of drug-likeness (QED) is 0.727. The minimum Gasteiger partial charge on any atom is -0.497 e. The second kappa shape index (κ2) is 4.61. The third kappa shape index (κ3) is 2.11. The fraction of sp³-hybridized carbons (Fsp3) is 0.167. The maximum absolute atomic E-state index is 10.7. The highest BCUT2D eigenvalue weighted by Crippen LogP contribution is 2.12. The normalized spacial score (nSPS) is 10.1. The number of benzene rings is 1. The van der Waals surface area contributed by atoms with Gasteiger partial charge in [0.05, 0.1) is 19.5 Å². The number of ether oxygens (including phenoxy) is 1. The molecule has 2 aromatic rings. The maximum Gasteiger partial charge on any atom is 0.185 e. The number of aromatic nitrogens is 2. The molecular formula is C12H11N2O2. The number of nitrogens with zero attached hydrogens (tertiary/aromatic N) is 2. The van der Waals surface area contributed by atoms with Crippen LogP contribution in [-0.4, -0.2) is 22.9 Å². The first-order valence-corrected chi connectivity index (χ1v) is 4.85. The largest absolute Gasteiger partial charge is 0.497 e. The summed E-state index contributed by atoms with van der Waals surface area (Å²) >= 11 is 0. The summed E-state index contributed by atoms with van der Waals surface area (Å²) in [7, 11) is 1.63. The number of aldehydes is 1. The van der Waals surface area contributed by atoms with E-state index in [-0.39, 0.29) is 0 Å². The van der Waals surface area contributed by atoms with Crippen LogP contribution in [0.4, 0.5) is 0 Å². The minimum atomic E-state index is 0.385. The zero-order valence-electron chi connectivity index (χ0n) is 8.88. The first-order valence-electron chi connectivity index (χ1n) is 4.85. The Morgan fingerprint density at radius 2 is 2.19 bits per heavy atom. The molecule has 1 aromatic carbocycles. The van der Waals surface area contributed by atoms with Crippen molar-refractivity contribution in [2.75, 3.05) is 7.11 Å². The molecule has 0 spiro atoms. The summed E-state index contributed by atoms with van der Waals surface area (Å²) in [5.74, 6) is 1.20. The van der Waals surface area contributed by atoms with Crippen molar-refractivity contribution in [3.8, 4) is 5.75 Å². The second-order valence-electron chi connectivity index (χ2n) is 3.30. The molecule has 0 unspecified atom stereocenters. The average molecular weight is 215 g/mol. The molecule has 0 amide bonds. The van der Waals surface area contributed by atoms with E-state index in [0.717, 1.165) is 17.6 Å². The van der Waals surface area contributed by atoms with Crippen LogP contribution in [0.25, 0.3) is 0 Å². The van der Waals surface area contributed by atoms with Gasteiger partial charge in [-0.2, -0.15) is 0 Å². The van der Waals surface area contributed by atoms with Gasteiger partial charge in [-0.15, -0.1) is 0 Å². The van der Waals surface area contributed by atoms with Crippen molar-refractivity contribution in [3.63, 3.8) is 0 Å². The van der Waals surface area contributed by atoms with Crippen LogP contribution >= 0.6 is 0 Å². The molecular weight excluding hydrogens is 204 g/mol. The van der Waals surface area contributed by atoms with Gasteiger partial charge < -0.3 is 9.30 Å². The number of hydrogen-bond donors (Lipinski definition) is 0. The molecule has 16 heavy (non-hydrogen) atoms. The molecule has 1 aromatic heterocycles. The Balaban J connectivity index is 2.17. The molecule has 81 valence electrons. The fourth-order valence-corrected chi connectivity index (χ4v) is 1.43. The van der Waals surface area contributed by atoms with E-state index in [0.29, 0.717) is 12.4 Å². The molecule has 4 nitrogen and oxygen atoms in total. The van der Waals surface area contributed by atoms with Crippen molar-refractivity contribution < 1.29 is 9.53 Å². The number of carbonyl (C=O) groups excluding carboxylic acids is 1. The van der Waals surface area contributed by atoms with E-state index < -0.39 is 0 Å². The zero-order chi connectivity index (χ0) is 11.4. The smallest absolute Gasteiger partial charge is 0.185 e. The maximum atomic E-state index is 10.7. The number of rotatable bonds is 4. The standard InChI is InChI=1S/C12H11N2O2/c1-16-11-4-2-10(3-5-11)8-14-7-6-13-12(14)9-15/h2-6,9H,8H2,1H3. The van der Waals surface area contributed by atoms with Gasteiger partial charge in [0.25, 0.3) is 0 Å². The molecule has 0 aliphatic rings. The van der Waals surface area contributed by atoms with Gasteiger partial charge in [-0.3, -0.25) is 4.79 Å². The molecule has 2 rings (SSSR count). The van der Waals surface area contributed by atoms with E-state index in [1.54, 1.807) is 11.7 Å². The van der Waals surface area contributed by atoms with Gasteiger partial charge in [0.1, 0.15) is 5.75 Å². The van der Waals surface area contributed by atoms with Gasteiger partial charge >= 0.3 is 0 Å². The molecule has 0 saturated heterocycles. The molecule has 0 N–H and O–H groups in total. The first kappa shape index (κ1) is 10.4. The van der Waals surface area contributed by atoms with Gasteiger partial charge in [-0.05, 0) is 17.7 Å². The van der Waals surface area contributed by atoms with Crippen molar-refractivity contribution in [1.82, 2.24) is 9.55 Å². The van der Waals surface area contributed by atoms with Crippen LogP contribution in [0.15, 0.2) is 30.5 Å². The number of carbonyl (C=O) groups is 1. The average Bonchev–Trinajstić information content (AvgIpc) is 2.77. The summed E-state index contributed by atoms with van der Waals surface area (Å²) in [6.07, 6.45) is 5.09. The molecule has 0 saturated carbocycles. The van der Waals surface area contributed by atoms with E-state index in [1.165, 1.54) is 6.20 Å². The number of methoxy groups -OCH3 is 1. The summed E-state index contributed by atoms with van der Waals surface area (Å²) in [4.78, 5) is 14.5. The van der Waals surface area contributed by atoms with Crippen molar-refractivity contribution in [1.29, 1.82) is 0 Å². The Labute approximate surface area is 93.5 Å². The monoisotopic (exact) mass is 215 g/mol. The van der Waals surface area contributed by atoms with Crippen LogP contribution in [0.1, 0.15) is 16.2 Å². The van der Waals surface area contributed by atoms with E-state index in [9.17, 15) is 4.79 Å². The van der Waals surface area contributed by atoms with Crippen LogP contribution in [0.5, 0.6) is 5.75 Å². The van der Waals surface area contributed by atoms with Crippen molar-refractivity contribution in [3.05, 3.63) is 48.0 Å². The predicted molar refractivity (Wildman–Crippen MR) is 58.5 cm³/mol. The SMILES string of the molecule is COc1ccc(Cn2[c]cnc2C=O)cc1. The van der Waals surface area contributed by atoms with Crippen LogP contribution in [0.2, 0.25) is 0 Å². The summed E-state index contributed by atoms with van der Waals surface area (Å²) < 4.78 is 6.74. The van der Waals surface area contributed by atoms with Crippen LogP contribution in [0.3, 0.4) is 0 Å². The predicted octanol–water partition coefficient (Wildman–Crippen LogP) is 1.55. The lowest BCUT2D eigenvalue weighted by Gasteiger charge is -2.05. The number of hydrogen-bond acceptors (Lipinski definition) is 3. The molecule has 0 atom stereocenters. The molecule has 1 radical (unpaired) electrons. The van der Waals surface area contributed by atoms with E-state index >= 15 is 0 Å². The summed E-state index contributed by atoms with van der Waals surface area (Å²) in [5.41, 5.74) is 1.07. The van der Waals surface area contributed by atoms with Gasteiger partial charge in [0, 0.05) is 6.54 Å². The summed E-state index contributed by atoms with van der Waals surface area (Å²) in [5, 5.41) is 0. The lowest BCUT2D eigenvalue weighted by atomic mass is 10.2. The van der Waals surface area contributed by atoms with Gasteiger partial charge in [0.2, 0.25) is 0 Å². The van der Waals surface area contributed by atoms with Crippen molar-refractivity contribution in [2.45, 2.75) is 6.54 Å². The molecule has 0 aliphatic carbocycles. The highest BCUT2D eigenvalue weighted by atomic mass is 16.5. The Hall–Kier alpha value is -2.10. The van der Waals surface area contributed by atoms with Crippen LogP contribution in [0, 0.1) is 6.20 Å². The molecule has 0 aliphatic heterocycles. The van der Waals surface area contributed by atoms with Crippen LogP contribution in [-0.2, 0) is 6.54 Å². The van der Waals surface area contributed by atoms with Gasteiger partial charge in [-0.1, -0.05) is 12.1 Å². The Kier molecular flexibility index (Phi) is 3.00. The topological polar surface area (TPSA) is 44.1 Å². The lowest BCUT2D eigenvalue weighted by molar-refractivity contribution is 0.111. The Morgan fingerprint density at radius 1 is 1.44 bits per heavy atom. The highest BCUT2D eigenvalue weighted by Gasteiger charge is 2.02.